The third kappa shape index (κ3) is 7.23. The summed E-state index contributed by atoms with van der Waals surface area (Å²) in [5.74, 6) is -2.01. The van der Waals surface area contributed by atoms with Gasteiger partial charge in [0.15, 0.2) is 11.5 Å². The number of aromatic carboxylic acids is 1. The second-order valence-corrected chi connectivity index (χ2v) is 8.03. The molecule has 0 heterocycles. The number of hydrogen-bond donors (Lipinski definition) is 6. The molecule has 0 radical (unpaired) electrons. The normalized spacial score (nSPS) is 10.3. The SMILES string of the molecule is CCOc1cccc(CNc2ccc(C(=O)O)cc2C(=O)Nc2ccc(C(=N)N)cc2)c1OCCC(=O)O. The zero-order valence-corrected chi connectivity index (χ0v) is 20.6. The smallest absolute Gasteiger partial charge is 0.335 e. The molecule has 0 aliphatic rings. The minimum Gasteiger partial charge on any atom is -0.490 e. The van der Waals surface area contributed by atoms with E-state index in [9.17, 15) is 19.5 Å². The summed E-state index contributed by atoms with van der Waals surface area (Å²) in [6, 6.07) is 15.7. The van der Waals surface area contributed by atoms with E-state index < -0.39 is 17.8 Å². The number of nitrogen functional groups attached to an aromatic ring is 1. The number of rotatable bonds is 13. The van der Waals surface area contributed by atoms with Crippen LogP contribution >= 0.6 is 0 Å². The van der Waals surface area contributed by atoms with Gasteiger partial charge in [-0.3, -0.25) is 15.0 Å². The molecule has 0 fully saturated rings. The molecular formula is C27H28N4O7. The van der Waals surface area contributed by atoms with E-state index in [1.807, 2.05) is 6.92 Å². The topological polar surface area (TPSA) is 184 Å². The van der Waals surface area contributed by atoms with Crippen molar-refractivity contribution in [1.82, 2.24) is 0 Å². The minimum atomic E-state index is -1.19. The van der Waals surface area contributed by atoms with Gasteiger partial charge >= 0.3 is 11.9 Å². The summed E-state index contributed by atoms with van der Waals surface area (Å²) in [5, 5.41) is 31.7. The third-order valence-corrected chi connectivity index (χ3v) is 5.36. The number of carbonyl (C=O) groups excluding carboxylic acids is 1. The van der Waals surface area contributed by atoms with Crippen LogP contribution in [0.15, 0.2) is 60.7 Å². The van der Waals surface area contributed by atoms with Crippen molar-refractivity contribution >= 4 is 35.1 Å². The van der Waals surface area contributed by atoms with Gasteiger partial charge in [0.1, 0.15) is 5.84 Å². The number of benzene rings is 3. The summed E-state index contributed by atoms with van der Waals surface area (Å²) < 4.78 is 11.4. The molecule has 198 valence electrons. The molecule has 38 heavy (non-hydrogen) atoms. The average Bonchev–Trinajstić information content (AvgIpc) is 2.88. The van der Waals surface area contributed by atoms with Crippen LogP contribution in [0.3, 0.4) is 0 Å². The van der Waals surface area contributed by atoms with Gasteiger partial charge in [-0.05, 0) is 55.5 Å². The first kappa shape index (κ1) is 27.5. The van der Waals surface area contributed by atoms with E-state index in [1.165, 1.54) is 18.2 Å². The molecule has 0 saturated carbocycles. The summed E-state index contributed by atoms with van der Waals surface area (Å²) in [4.78, 5) is 35.6. The van der Waals surface area contributed by atoms with Gasteiger partial charge < -0.3 is 36.1 Å². The quantitative estimate of drug-likeness (QED) is 0.144. The van der Waals surface area contributed by atoms with Crippen molar-refractivity contribution in [3.05, 3.63) is 82.9 Å². The summed E-state index contributed by atoms with van der Waals surface area (Å²) in [7, 11) is 0. The highest BCUT2D eigenvalue weighted by Crippen LogP contribution is 2.32. The summed E-state index contributed by atoms with van der Waals surface area (Å²) in [6.07, 6.45) is -0.193. The van der Waals surface area contributed by atoms with Crippen LogP contribution in [0, 0.1) is 5.41 Å². The van der Waals surface area contributed by atoms with E-state index >= 15 is 0 Å². The number of aliphatic carboxylic acids is 1. The Morgan fingerprint density at radius 1 is 0.974 bits per heavy atom. The van der Waals surface area contributed by atoms with Crippen molar-refractivity contribution in [2.45, 2.75) is 19.9 Å². The highest BCUT2D eigenvalue weighted by molar-refractivity contribution is 6.09. The molecule has 0 spiro atoms. The number of carboxylic acids is 2. The van der Waals surface area contributed by atoms with E-state index in [4.69, 9.17) is 25.7 Å². The Balaban J connectivity index is 1.87. The number of amidine groups is 1. The second-order valence-electron chi connectivity index (χ2n) is 8.03. The Hall–Kier alpha value is -5.06. The van der Waals surface area contributed by atoms with E-state index in [0.717, 1.165) is 0 Å². The van der Waals surface area contributed by atoms with Crippen LogP contribution in [0.5, 0.6) is 11.5 Å². The number of ether oxygens (including phenoxy) is 2. The van der Waals surface area contributed by atoms with Crippen LogP contribution in [0.1, 0.15) is 45.2 Å². The lowest BCUT2D eigenvalue weighted by atomic mass is 10.1. The highest BCUT2D eigenvalue weighted by Gasteiger charge is 2.17. The van der Waals surface area contributed by atoms with E-state index in [-0.39, 0.29) is 36.5 Å². The Kier molecular flexibility index (Phi) is 9.25. The predicted octanol–water partition coefficient (Wildman–Crippen LogP) is 3.79. The first-order chi connectivity index (χ1) is 18.2. The molecule has 0 unspecified atom stereocenters. The largest absolute Gasteiger partial charge is 0.490 e. The van der Waals surface area contributed by atoms with Crippen molar-refractivity contribution in [3.63, 3.8) is 0 Å². The Morgan fingerprint density at radius 3 is 2.32 bits per heavy atom. The Bertz CT molecular complexity index is 1340. The second kappa shape index (κ2) is 12.8. The summed E-state index contributed by atoms with van der Waals surface area (Å²) in [6.45, 7) is 2.30. The van der Waals surface area contributed by atoms with Crippen LogP contribution in [0.25, 0.3) is 0 Å². The van der Waals surface area contributed by atoms with Crippen molar-refractivity contribution < 1.29 is 34.1 Å². The van der Waals surface area contributed by atoms with E-state index in [2.05, 4.69) is 10.6 Å². The zero-order chi connectivity index (χ0) is 27.7. The molecule has 0 aliphatic carbocycles. The molecule has 3 rings (SSSR count). The molecule has 0 aliphatic heterocycles. The van der Waals surface area contributed by atoms with Crippen LogP contribution in [0.4, 0.5) is 11.4 Å². The fourth-order valence-corrected chi connectivity index (χ4v) is 3.52. The van der Waals surface area contributed by atoms with Crippen LogP contribution in [-0.4, -0.2) is 47.1 Å². The number of carbonyl (C=O) groups is 3. The maximum Gasteiger partial charge on any atom is 0.335 e. The van der Waals surface area contributed by atoms with Crippen molar-refractivity contribution in [2.24, 2.45) is 5.73 Å². The molecule has 1 amide bonds. The van der Waals surface area contributed by atoms with E-state index in [0.29, 0.717) is 40.6 Å². The fraction of sp³-hybridized carbons (Fsp3) is 0.185. The van der Waals surface area contributed by atoms with Crippen molar-refractivity contribution in [3.8, 4) is 11.5 Å². The molecule has 0 saturated heterocycles. The molecule has 11 nitrogen and oxygen atoms in total. The zero-order valence-electron chi connectivity index (χ0n) is 20.6. The number of carboxylic acid groups (broad SMARTS) is 2. The van der Waals surface area contributed by atoms with E-state index in [1.54, 1.807) is 42.5 Å². The summed E-state index contributed by atoms with van der Waals surface area (Å²) in [5.41, 5.74) is 7.44. The Labute approximate surface area is 218 Å². The molecule has 0 atom stereocenters. The maximum absolute atomic E-state index is 13.1. The molecule has 0 bridgehead atoms. The van der Waals surface area contributed by atoms with Gasteiger partial charge in [0.2, 0.25) is 0 Å². The highest BCUT2D eigenvalue weighted by atomic mass is 16.5. The first-order valence-electron chi connectivity index (χ1n) is 11.7. The molecule has 3 aromatic rings. The van der Waals surface area contributed by atoms with Gasteiger partial charge in [0.05, 0.1) is 30.8 Å². The number of nitrogens with two attached hydrogens (primary N) is 1. The van der Waals surface area contributed by atoms with Crippen molar-refractivity contribution in [2.75, 3.05) is 23.8 Å². The van der Waals surface area contributed by atoms with Gasteiger partial charge in [-0.1, -0.05) is 12.1 Å². The predicted molar refractivity (Wildman–Crippen MR) is 141 cm³/mol. The standard InChI is InChI=1S/C27H28N4O7/c1-2-37-22-5-3-4-18(24(22)38-13-12-23(32)33)15-30-21-11-8-17(27(35)36)14-20(21)26(34)31-19-9-6-16(7-10-19)25(28)29/h3-11,14,30H,2,12-13,15H2,1H3,(H3,28,29)(H,31,34)(H,32,33)(H,35,36). The summed E-state index contributed by atoms with van der Waals surface area (Å²) >= 11 is 0. The van der Waals surface area contributed by atoms with Crippen LogP contribution in [-0.2, 0) is 11.3 Å². The molecule has 0 aromatic heterocycles. The lowest BCUT2D eigenvalue weighted by Crippen LogP contribution is -2.17. The Morgan fingerprint density at radius 2 is 1.68 bits per heavy atom. The minimum absolute atomic E-state index is 0.0597. The van der Waals surface area contributed by atoms with Crippen LogP contribution in [0.2, 0.25) is 0 Å². The molecule has 3 aromatic carbocycles. The van der Waals surface area contributed by atoms with Gasteiger partial charge in [-0.2, -0.15) is 0 Å². The average molecular weight is 521 g/mol. The lowest BCUT2D eigenvalue weighted by Gasteiger charge is -2.18. The number of nitrogens with one attached hydrogen (secondary N) is 3. The number of para-hydroxylation sites is 1. The van der Waals surface area contributed by atoms with Crippen molar-refractivity contribution in [1.29, 1.82) is 5.41 Å². The molecule has 11 heteroatoms. The first-order valence-corrected chi connectivity index (χ1v) is 11.7. The number of hydrogen-bond acceptors (Lipinski definition) is 7. The molecule has 7 N–H and O–H groups in total. The maximum atomic E-state index is 13.1. The van der Waals surface area contributed by atoms with Crippen LogP contribution < -0.4 is 25.8 Å². The fourth-order valence-electron chi connectivity index (χ4n) is 3.52. The van der Waals surface area contributed by atoms with Gasteiger partial charge in [0, 0.05) is 29.0 Å². The third-order valence-electron chi connectivity index (χ3n) is 5.36. The van der Waals surface area contributed by atoms with Gasteiger partial charge in [-0.25, -0.2) is 4.79 Å². The van der Waals surface area contributed by atoms with Gasteiger partial charge in [0.25, 0.3) is 5.91 Å². The lowest BCUT2D eigenvalue weighted by molar-refractivity contribution is -0.137. The number of amides is 1. The monoisotopic (exact) mass is 520 g/mol. The molecular weight excluding hydrogens is 492 g/mol. The van der Waals surface area contributed by atoms with Gasteiger partial charge in [-0.15, -0.1) is 0 Å². The number of anilines is 2.